The molecule has 1 heterocycles. The van der Waals surface area contributed by atoms with Gasteiger partial charge >= 0.3 is 0 Å². The first-order chi connectivity index (χ1) is 8.74. The average molecular weight is 278 g/mol. The van der Waals surface area contributed by atoms with Crippen LogP contribution in [0.5, 0.6) is 0 Å². The van der Waals surface area contributed by atoms with Gasteiger partial charge in [-0.2, -0.15) is 0 Å². The molecule has 0 amide bonds. The van der Waals surface area contributed by atoms with E-state index in [1.165, 1.54) is 0 Å². The number of benzene rings is 1. The van der Waals surface area contributed by atoms with Crippen LogP contribution in [0.15, 0.2) is 54.1 Å². The molecule has 92 valence electrons. The van der Waals surface area contributed by atoms with E-state index in [2.05, 4.69) is 4.98 Å². The summed E-state index contributed by atoms with van der Waals surface area (Å²) >= 11 is 5.79. The first-order valence-corrected chi connectivity index (χ1v) is 7.21. The summed E-state index contributed by atoms with van der Waals surface area (Å²) < 4.78 is 11.8. The van der Waals surface area contributed by atoms with E-state index in [0.29, 0.717) is 10.8 Å². The lowest BCUT2D eigenvalue weighted by Gasteiger charge is -1.98. The molecule has 0 bridgehead atoms. The van der Waals surface area contributed by atoms with E-state index < -0.39 is 10.8 Å². The fourth-order valence-electron chi connectivity index (χ4n) is 1.41. The van der Waals surface area contributed by atoms with E-state index in [1.54, 1.807) is 29.8 Å². The van der Waals surface area contributed by atoms with Crippen molar-refractivity contribution in [2.75, 3.05) is 0 Å². The number of pyridine rings is 1. The second-order valence-corrected chi connectivity index (χ2v) is 5.47. The molecule has 2 aromatic rings. The summed E-state index contributed by atoms with van der Waals surface area (Å²) in [5, 5.41) is 2.35. The molecule has 4 heteroatoms. The fourth-order valence-corrected chi connectivity index (χ4v) is 2.45. The molecule has 0 N–H and O–H groups in total. The number of rotatable bonds is 4. The Bertz CT molecular complexity index is 552. The van der Waals surface area contributed by atoms with Crippen molar-refractivity contribution >= 4 is 28.5 Å². The fraction of sp³-hybridized carbons (Fsp3) is 0.0714. The number of halogens is 1. The van der Waals surface area contributed by atoms with E-state index >= 15 is 0 Å². The van der Waals surface area contributed by atoms with Crippen LogP contribution in [0.25, 0.3) is 6.08 Å². The summed E-state index contributed by atoms with van der Waals surface area (Å²) in [6.07, 6.45) is 3.48. The molecule has 0 aliphatic rings. The summed E-state index contributed by atoms with van der Waals surface area (Å²) in [6.45, 7) is 0. The van der Waals surface area contributed by atoms with Crippen molar-refractivity contribution in [3.63, 3.8) is 0 Å². The van der Waals surface area contributed by atoms with Gasteiger partial charge in [-0.15, -0.1) is 0 Å². The summed E-state index contributed by atoms with van der Waals surface area (Å²) in [6, 6.07) is 13.0. The number of hydrogen-bond acceptors (Lipinski definition) is 2. The Labute approximate surface area is 114 Å². The molecule has 0 aliphatic carbocycles. The topological polar surface area (TPSA) is 30.0 Å². The Hall–Kier alpha value is -1.45. The minimum atomic E-state index is -1.04. The van der Waals surface area contributed by atoms with Crippen molar-refractivity contribution in [1.29, 1.82) is 0 Å². The lowest BCUT2D eigenvalue weighted by Crippen LogP contribution is -1.91. The summed E-state index contributed by atoms with van der Waals surface area (Å²) in [5.41, 5.74) is 1.81. The largest absolute Gasteiger partial charge is 0.257 e. The molecular weight excluding hydrogens is 266 g/mol. The highest BCUT2D eigenvalue weighted by molar-refractivity contribution is 7.87. The van der Waals surface area contributed by atoms with Crippen LogP contribution in [-0.4, -0.2) is 9.19 Å². The van der Waals surface area contributed by atoms with E-state index in [0.717, 1.165) is 11.3 Å². The molecule has 1 atom stereocenters. The van der Waals surface area contributed by atoms with Gasteiger partial charge in [0.25, 0.3) is 0 Å². The maximum atomic E-state index is 11.8. The number of hydrogen-bond donors (Lipinski definition) is 0. The zero-order chi connectivity index (χ0) is 12.8. The van der Waals surface area contributed by atoms with Gasteiger partial charge in [-0.25, -0.2) is 0 Å². The van der Waals surface area contributed by atoms with Crippen LogP contribution in [0.2, 0.25) is 5.02 Å². The third kappa shape index (κ3) is 4.09. The predicted molar refractivity (Wildman–Crippen MR) is 76.6 cm³/mol. The molecule has 0 aliphatic heterocycles. The summed E-state index contributed by atoms with van der Waals surface area (Å²) in [4.78, 5) is 4.13. The van der Waals surface area contributed by atoms with Gasteiger partial charge in [0, 0.05) is 16.6 Å². The molecule has 2 nitrogen and oxygen atoms in total. The van der Waals surface area contributed by atoms with E-state index in [-0.39, 0.29) is 0 Å². The zero-order valence-electron chi connectivity index (χ0n) is 9.62. The van der Waals surface area contributed by atoms with E-state index in [9.17, 15) is 4.21 Å². The molecular formula is C14H12ClNOS. The third-order valence-electron chi connectivity index (χ3n) is 2.30. The Morgan fingerprint density at radius 1 is 1.17 bits per heavy atom. The molecule has 0 fully saturated rings. The normalized spacial score (nSPS) is 12.7. The van der Waals surface area contributed by atoms with Crippen LogP contribution in [0.3, 0.4) is 0 Å². The first kappa shape index (κ1) is 13.0. The molecule has 1 unspecified atom stereocenters. The van der Waals surface area contributed by atoms with Gasteiger partial charge in [0.1, 0.15) is 0 Å². The van der Waals surface area contributed by atoms with Crippen molar-refractivity contribution in [3.05, 3.63) is 70.3 Å². The summed E-state index contributed by atoms with van der Waals surface area (Å²) in [5.74, 6) is 0.487. The zero-order valence-corrected chi connectivity index (χ0v) is 11.2. The van der Waals surface area contributed by atoms with Crippen LogP contribution in [0.1, 0.15) is 11.3 Å². The highest BCUT2D eigenvalue weighted by Gasteiger charge is 1.98. The minimum Gasteiger partial charge on any atom is -0.257 e. The maximum absolute atomic E-state index is 11.8. The quantitative estimate of drug-likeness (QED) is 0.854. The van der Waals surface area contributed by atoms with Gasteiger partial charge < -0.3 is 0 Å². The molecule has 0 saturated heterocycles. The van der Waals surface area contributed by atoms with Crippen molar-refractivity contribution in [2.24, 2.45) is 0 Å². The Morgan fingerprint density at radius 3 is 2.61 bits per heavy atom. The Morgan fingerprint density at radius 2 is 1.94 bits per heavy atom. The number of nitrogens with zero attached hydrogens (tertiary/aromatic N) is 1. The highest BCUT2D eigenvalue weighted by atomic mass is 35.5. The molecule has 2 rings (SSSR count). The van der Waals surface area contributed by atoms with Gasteiger partial charge in [-0.3, -0.25) is 9.19 Å². The van der Waals surface area contributed by atoms with Crippen LogP contribution in [0.4, 0.5) is 0 Å². The van der Waals surface area contributed by atoms with Gasteiger partial charge in [0.15, 0.2) is 0 Å². The van der Waals surface area contributed by atoms with Crippen LogP contribution >= 0.6 is 11.6 Å². The van der Waals surface area contributed by atoms with E-state index in [1.807, 2.05) is 30.3 Å². The molecule has 0 spiro atoms. The standard InChI is InChI=1S/C14H12ClNOS/c15-13-6-4-12(5-7-13)11-18(17)10-8-14-3-1-2-9-16-14/h1-10H,11H2/b10-8+. The first-order valence-electron chi connectivity index (χ1n) is 5.45. The van der Waals surface area contributed by atoms with Crippen molar-refractivity contribution in [1.82, 2.24) is 4.98 Å². The van der Waals surface area contributed by atoms with Crippen LogP contribution < -0.4 is 0 Å². The molecule has 0 radical (unpaired) electrons. The summed E-state index contributed by atoms with van der Waals surface area (Å²) in [7, 11) is -1.04. The smallest absolute Gasteiger partial charge is 0.0635 e. The molecule has 18 heavy (non-hydrogen) atoms. The van der Waals surface area contributed by atoms with Crippen molar-refractivity contribution in [3.8, 4) is 0 Å². The van der Waals surface area contributed by atoms with E-state index in [4.69, 9.17) is 11.6 Å². The third-order valence-corrected chi connectivity index (χ3v) is 3.61. The predicted octanol–water partition coefficient (Wildman–Crippen LogP) is 3.65. The van der Waals surface area contributed by atoms with Crippen LogP contribution in [-0.2, 0) is 16.6 Å². The average Bonchev–Trinajstić information content (AvgIpc) is 2.40. The van der Waals surface area contributed by atoms with Crippen molar-refractivity contribution in [2.45, 2.75) is 5.75 Å². The van der Waals surface area contributed by atoms with Gasteiger partial charge in [0.05, 0.1) is 22.2 Å². The number of aromatic nitrogens is 1. The highest BCUT2D eigenvalue weighted by Crippen LogP contribution is 2.11. The lowest BCUT2D eigenvalue weighted by molar-refractivity contribution is 0.688. The van der Waals surface area contributed by atoms with Crippen LogP contribution in [0, 0.1) is 0 Å². The van der Waals surface area contributed by atoms with Gasteiger partial charge in [0.2, 0.25) is 0 Å². The monoisotopic (exact) mass is 277 g/mol. The van der Waals surface area contributed by atoms with Crippen molar-refractivity contribution < 1.29 is 4.21 Å². The molecule has 1 aromatic heterocycles. The minimum absolute atomic E-state index is 0.487. The Kier molecular flexibility index (Phi) is 4.67. The van der Waals surface area contributed by atoms with Gasteiger partial charge in [-0.05, 0) is 35.9 Å². The maximum Gasteiger partial charge on any atom is 0.0635 e. The second kappa shape index (κ2) is 6.47. The Balaban J connectivity index is 1.97. The SMILES string of the molecule is O=S(/C=C/c1ccccn1)Cc1ccc(Cl)cc1. The second-order valence-electron chi connectivity index (χ2n) is 3.71. The van der Waals surface area contributed by atoms with Gasteiger partial charge in [-0.1, -0.05) is 29.8 Å². The molecule has 0 saturated carbocycles. The lowest BCUT2D eigenvalue weighted by atomic mass is 10.2. The molecule has 1 aromatic carbocycles.